The van der Waals surface area contributed by atoms with E-state index < -0.39 is 5.60 Å². The summed E-state index contributed by atoms with van der Waals surface area (Å²) in [4.78, 5) is 14.6. The summed E-state index contributed by atoms with van der Waals surface area (Å²) < 4.78 is 17.3. The van der Waals surface area contributed by atoms with Gasteiger partial charge in [-0.25, -0.2) is 4.79 Å². The van der Waals surface area contributed by atoms with Crippen LogP contribution in [0.4, 0.5) is 10.5 Å². The van der Waals surface area contributed by atoms with Crippen molar-refractivity contribution in [3.8, 4) is 28.4 Å². The van der Waals surface area contributed by atoms with Crippen LogP contribution in [0.1, 0.15) is 47.5 Å². The van der Waals surface area contributed by atoms with Gasteiger partial charge in [-0.2, -0.15) is 0 Å². The molecule has 0 saturated carbocycles. The molecular formula is C35H42N2O4. The van der Waals surface area contributed by atoms with E-state index in [-0.39, 0.29) is 12.1 Å². The molecule has 1 amide bonds. The van der Waals surface area contributed by atoms with Crippen LogP contribution >= 0.6 is 0 Å². The van der Waals surface area contributed by atoms with Crippen LogP contribution in [0, 0.1) is 0 Å². The van der Waals surface area contributed by atoms with E-state index in [1.165, 1.54) is 10.8 Å². The van der Waals surface area contributed by atoms with Crippen molar-refractivity contribution in [3.05, 3.63) is 84.9 Å². The number of benzene rings is 4. The summed E-state index contributed by atoms with van der Waals surface area (Å²) in [6.07, 6.45) is 1.63. The Morgan fingerprint density at radius 3 is 2.24 bits per heavy atom. The number of carbonyl (C=O) groups is 1. The fourth-order valence-corrected chi connectivity index (χ4v) is 4.91. The molecule has 0 aromatic heterocycles. The molecule has 1 aliphatic heterocycles. The smallest absolute Gasteiger partial charge is 0.410 e. The van der Waals surface area contributed by atoms with Crippen LogP contribution in [0.15, 0.2) is 84.9 Å². The molecule has 0 radical (unpaired) electrons. The van der Waals surface area contributed by atoms with E-state index in [1.807, 2.05) is 63.8 Å². The van der Waals surface area contributed by atoms with Crippen LogP contribution in [-0.4, -0.2) is 42.8 Å². The van der Waals surface area contributed by atoms with Gasteiger partial charge in [0.2, 0.25) is 0 Å². The van der Waals surface area contributed by atoms with Gasteiger partial charge in [0.05, 0.1) is 18.8 Å². The number of likely N-dealkylation sites (tertiary alicyclic amines) is 1. The highest BCUT2D eigenvalue weighted by Crippen LogP contribution is 2.36. The minimum absolute atomic E-state index is 0.0499. The van der Waals surface area contributed by atoms with E-state index in [2.05, 4.69) is 66.0 Å². The fraction of sp³-hybridized carbons (Fsp3) is 0.343. The second-order valence-corrected chi connectivity index (χ2v) is 10.9. The number of ether oxygens (including phenoxy) is 3. The zero-order chi connectivity index (χ0) is 29.4. The third-order valence-electron chi connectivity index (χ3n) is 6.88. The van der Waals surface area contributed by atoms with Gasteiger partial charge in [-0.3, -0.25) is 0 Å². The Morgan fingerprint density at radius 2 is 1.54 bits per heavy atom. The first-order chi connectivity index (χ1) is 19.8. The molecule has 0 spiro atoms. The highest BCUT2D eigenvalue weighted by molar-refractivity contribution is 5.87. The predicted molar refractivity (Wildman–Crippen MR) is 168 cm³/mol. The van der Waals surface area contributed by atoms with Gasteiger partial charge in [-0.05, 0) is 98.0 Å². The van der Waals surface area contributed by atoms with Crippen LogP contribution in [0.2, 0.25) is 0 Å². The number of rotatable bonds is 7. The fourth-order valence-electron chi connectivity index (χ4n) is 4.91. The third kappa shape index (κ3) is 7.72. The molecule has 6 nitrogen and oxygen atoms in total. The quantitative estimate of drug-likeness (QED) is 0.247. The minimum Gasteiger partial charge on any atom is -0.497 e. The monoisotopic (exact) mass is 554 g/mol. The Kier molecular flexibility index (Phi) is 9.77. The van der Waals surface area contributed by atoms with Gasteiger partial charge in [0.15, 0.2) is 5.75 Å². The molecule has 6 heteroatoms. The molecule has 0 aliphatic carbocycles. The molecule has 4 aromatic carbocycles. The topological polar surface area (TPSA) is 60.0 Å². The van der Waals surface area contributed by atoms with Gasteiger partial charge in [0, 0.05) is 13.1 Å². The largest absolute Gasteiger partial charge is 0.497 e. The lowest BCUT2D eigenvalue weighted by molar-refractivity contribution is 0.0235. The Bertz CT molecular complexity index is 1440. The number of nitrogens with one attached hydrogen (secondary N) is 1. The van der Waals surface area contributed by atoms with Crippen molar-refractivity contribution < 1.29 is 19.0 Å². The van der Waals surface area contributed by atoms with Crippen molar-refractivity contribution in [2.24, 2.45) is 0 Å². The lowest BCUT2D eigenvalue weighted by Crippen LogP contribution is -2.42. The molecule has 1 heterocycles. The first kappa shape index (κ1) is 29.8. The highest BCUT2D eigenvalue weighted by Gasteiger charge is 2.32. The van der Waals surface area contributed by atoms with Crippen molar-refractivity contribution in [1.82, 2.24) is 4.90 Å². The summed E-state index contributed by atoms with van der Waals surface area (Å²) in [5.41, 5.74) is 2.53. The van der Waals surface area contributed by atoms with Gasteiger partial charge in [-0.1, -0.05) is 56.3 Å². The molecule has 0 bridgehead atoms. The van der Waals surface area contributed by atoms with Crippen LogP contribution in [-0.2, 0) is 4.74 Å². The maximum Gasteiger partial charge on any atom is 0.410 e. The number of carbonyl (C=O) groups excluding carboxylic acids is 1. The second-order valence-electron chi connectivity index (χ2n) is 10.9. The van der Waals surface area contributed by atoms with Gasteiger partial charge in [0.25, 0.3) is 0 Å². The first-order valence-corrected chi connectivity index (χ1v) is 14.5. The zero-order valence-corrected chi connectivity index (χ0v) is 25.1. The molecule has 1 aliphatic rings. The SMILES string of the molecule is CC.COc1ccc(Oc2cc(-c3ccc4ccccc4c3)ccc2NCC2CCCN2C(=O)OC(C)(C)C)cc1. The average molecular weight is 555 g/mol. The Labute approximate surface area is 244 Å². The van der Waals surface area contributed by atoms with E-state index >= 15 is 0 Å². The Morgan fingerprint density at radius 1 is 0.878 bits per heavy atom. The van der Waals surface area contributed by atoms with Gasteiger partial charge in [-0.15, -0.1) is 0 Å². The molecule has 1 atom stereocenters. The molecule has 4 aromatic rings. The first-order valence-electron chi connectivity index (χ1n) is 14.5. The summed E-state index contributed by atoms with van der Waals surface area (Å²) in [5.74, 6) is 2.20. The van der Waals surface area contributed by atoms with Crippen molar-refractivity contribution in [2.45, 2.75) is 59.1 Å². The van der Waals surface area contributed by atoms with Crippen LogP contribution in [0.5, 0.6) is 17.2 Å². The van der Waals surface area contributed by atoms with Gasteiger partial charge in [0.1, 0.15) is 17.1 Å². The molecule has 1 saturated heterocycles. The number of fused-ring (bicyclic) bond motifs is 1. The van der Waals surface area contributed by atoms with E-state index in [9.17, 15) is 4.79 Å². The second kappa shape index (κ2) is 13.4. The molecule has 1 N–H and O–H groups in total. The molecule has 1 unspecified atom stereocenters. The summed E-state index contributed by atoms with van der Waals surface area (Å²) in [7, 11) is 1.65. The molecule has 5 rings (SSSR count). The number of methoxy groups -OCH3 is 1. The Balaban J connectivity index is 0.00000189. The molecule has 41 heavy (non-hydrogen) atoms. The van der Waals surface area contributed by atoms with E-state index in [0.717, 1.165) is 35.4 Å². The van der Waals surface area contributed by atoms with Crippen LogP contribution < -0.4 is 14.8 Å². The summed E-state index contributed by atoms with van der Waals surface area (Å²) in [6, 6.07) is 28.7. The number of hydrogen-bond donors (Lipinski definition) is 1. The number of hydrogen-bond acceptors (Lipinski definition) is 5. The average Bonchev–Trinajstić information content (AvgIpc) is 3.46. The minimum atomic E-state index is -0.518. The number of amides is 1. The summed E-state index contributed by atoms with van der Waals surface area (Å²) in [6.45, 7) is 11.0. The highest BCUT2D eigenvalue weighted by atomic mass is 16.6. The molecular weight excluding hydrogens is 512 g/mol. The summed E-state index contributed by atoms with van der Waals surface area (Å²) in [5, 5.41) is 5.96. The van der Waals surface area contributed by atoms with E-state index in [0.29, 0.717) is 24.6 Å². The van der Waals surface area contributed by atoms with E-state index in [4.69, 9.17) is 14.2 Å². The van der Waals surface area contributed by atoms with Crippen molar-refractivity contribution in [1.29, 1.82) is 0 Å². The van der Waals surface area contributed by atoms with Crippen molar-refractivity contribution >= 4 is 22.6 Å². The summed E-state index contributed by atoms with van der Waals surface area (Å²) >= 11 is 0. The lowest BCUT2D eigenvalue weighted by Gasteiger charge is -2.29. The number of nitrogens with zero attached hydrogens (tertiary/aromatic N) is 1. The lowest BCUT2D eigenvalue weighted by atomic mass is 10.0. The van der Waals surface area contributed by atoms with Crippen LogP contribution in [0.3, 0.4) is 0 Å². The van der Waals surface area contributed by atoms with Gasteiger partial charge < -0.3 is 24.4 Å². The maximum absolute atomic E-state index is 12.8. The Hall–Kier alpha value is -4.19. The normalized spacial score (nSPS) is 14.7. The van der Waals surface area contributed by atoms with Crippen molar-refractivity contribution in [3.63, 3.8) is 0 Å². The van der Waals surface area contributed by atoms with Crippen molar-refractivity contribution in [2.75, 3.05) is 25.5 Å². The van der Waals surface area contributed by atoms with E-state index in [1.54, 1.807) is 7.11 Å². The molecule has 1 fully saturated rings. The third-order valence-corrected chi connectivity index (χ3v) is 6.88. The predicted octanol–water partition coefficient (Wildman–Crippen LogP) is 9.15. The molecule has 216 valence electrons. The van der Waals surface area contributed by atoms with Gasteiger partial charge >= 0.3 is 6.09 Å². The van der Waals surface area contributed by atoms with Crippen LogP contribution in [0.25, 0.3) is 21.9 Å². The maximum atomic E-state index is 12.8. The number of anilines is 1. The zero-order valence-electron chi connectivity index (χ0n) is 25.1. The standard InChI is InChI=1S/C33H36N2O4.C2H6/c1-33(2,3)39-32(36)35-19-7-10-27(35)22-34-30-18-13-26(25-12-11-23-8-5-6-9-24(23)20-25)21-31(30)38-29-16-14-28(37-4)15-17-29;1-2/h5-6,8-9,11-18,20-21,27,34H,7,10,19,22H2,1-4H3;1-2H3.